The van der Waals surface area contributed by atoms with Crippen molar-refractivity contribution in [1.82, 2.24) is 10.3 Å². The molecule has 1 unspecified atom stereocenters. The smallest absolute Gasteiger partial charge is 0.399 e. The number of amides is 1. The number of hydrogen-bond donors (Lipinski definition) is 2. The zero-order valence-corrected chi connectivity index (χ0v) is 19.5. The molecule has 34 heavy (non-hydrogen) atoms. The van der Waals surface area contributed by atoms with Crippen LogP contribution in [0.25, 0.3) is 0 Å². The number of rotatable bonds is 7. The van der Waals surface area contributed by atoms with Crippen LogP contribution in [0.4, 0.5) is 14.5 Å². The van der Waals surface area contributed by atoms with Gasteiger partial charge in [-0.3, -0.25) is 9.52 Å². The molecule has 0 fully saturated rings. The van der Waals surface area contributed by atoms with E-state index in [4.69, 9.17) is 9.15 Å². The fourth-order valence-corrected chi connectivity index (χ4v) is 4.47. The predicted molar refractivity (Wildman–Crippen MR) is 120 cm³/mol. The number of anilines is 1. The summed E-state index contributed by atoms with van der Waals surface area (Å²) in [6, 6.07) is 6.83. The highest BCUT2D eigenvalue weighted by atomic mass is 32.2. The van der Waals surface area contributed by atoms with E-state index in [9.17, 15) is 22.0 Å². The molecule has 0 radical (unpaired) electrons. The van der Waals surface area contributed by atoms with Gasteiger partial charge in [-0.05, 0) is 60.6 Å². The van der Waals surface area contributed by atoms with E-state index in [0.29, 0.717) is 11.7 Å². The minimum Gasteiger partial charge on any atom is -0.416 e. The maximum atomic E-state index is 14.3. The second-order valence-corrected chi connectivity index (χ2v) is 10.0. The van der Waals surface area contributed by atoms with Crippen molar-refractivity contribution in [3.05, 3.63) is 70.6 Å². The average molecular weight is 492 g/mol. The molecule has 0 saturated carbocycles. The molecule has 1 amide bonds. The molecule has 2 N–H and O–H groups in total. The lowest BCUT2D eigenvalue weighted by atomic mass is 10.0. The van der Waals surface area contributed by atoms with Gasteiger partial charge in [-0.25, -0.2) is 17.2 Å². The van der Waals surface area contributed by atoms with Gasteiger partial charge in [0.25, 0.3) is 5.91 Å². The molecule has 0 saturated heterocycles. The summed E-state index contributed by atoms with van der Waals surface area (Å²) >= 11 is 0. The maximum absolute atomic E-state index is 14.3. The Morgan fingerprint density at radius 2 is 1.97 bits per heavy atom. The van der Waals surface area contributed by atoms with Gasteiger partial charge >= 0.3 is 6.08 Å². The summed E-state index contributed by atoms with van der Waals surface area (Å²) < 4.78 is 63.9. The summed E-state index contributed by atoms with van der Waals surface area (Å²) in [5.74, 6) is -1.79. The summed E-state index contributed by atoms with van der Waals surface area (Å²) in [5.41, 5.74) is 1.54. The summed E-state index contributed by atoms with van der Waals surface area (Å²) in [4.78, 5) is 16.6. The van der Waals surface area contributed by atoms with Crippen molar-refractivity contribution in [3.63, 3.8) is 0 Å². The number of nitrogens with one attached hydrogen (secondary N) is 2. The van der Waals surface area contributed by atoms with Crippen molar-refractivity contribution in [2.45, 2.75) is 38.6 Å². The van der Waals surface area contributed by atoms with Crippen LogP contribution >= 0.6 is 0 Å². The van der Waals surface area contributed by atoms with Crippen LogP contribution in [-0.2, 0) is 16.4 Å². The number of nitrogens with zero attached hydrogens (tertiary/aromatic N) is 1. The Balaban J connectivity index is 1.45. The number of sulfonamides is 1. The van der Waals surface area contributed by atoms with Crippen LogP contribution in [0.3, 0.4) is 0 Å². The van der Waals surface area contributed by atoms with Crippen LogP contribution in [-0.4, -0.2) is 25.6 Å². The molecule has 2 aromatic carbocycles. The molecule has 180 valence electrons. The minimum atomic E-state index is -3.87. The summed E-state index contributed by atoms with van der Waals surface area (Å²) in [5, 5.41) is 2.57. The standard InChI is InChI=1S/C23H23F2N3O5S/c1-12-7-8-16-15(12)5-4-6-20(16)33-23-27-19(11-32-23)22(29)26-13(2)14-9-17(24)21(18(25)10-14)28-34(3,30)31/h4-6,9-13,28H,7-8H2,1-3H3,(H,26,29)/t12?,13-/m1/s1. The molecule has 4 rings (SSSR count). The fourth-order valence-electron chi connectivity index (χ4n) is 3.91. The third kappa shape index (κ3) is 5.04. The van der Waals surface area contributed by atoms with E-state index >= 15 is 0 Å². The Hall–Kier alpha value is -3.47. The first-order valence-corrected chi connectivity index (χ1v) is 12.4. The Kier molecular flexibility index (Phi) is 6.30. The number of carbonyl (C=O) groups is 1. The maximum Gasteiger partial charge on any atom is 0.399 e. The SMILES string of the molecule is CC1CCc2c(Oc3nc(C(=O)N[C@H](C)c4cc(F)c(NS(C)(=O)=O)c(F)c4)co3)cccc21. The van der Waals surface area contributed by atoms with Gasteiger partial charge in [0.05, 0.1) is 12.3 Å². The van der Waals surface area contributed by atoms with Gasteiger partial charge in [0, 0.05) is 0 Å². The molecule has 2 atom stereocenters. The molecule has 1 aliphatic carbocycles. The lowest BCUT2D eigenvalue weighted by molar-refractivity contribution is 0.0934. The Morgan fingerprint density at radius 1 is 1.26 bits per heavy atom. The largest absolute Gasteiger partial charge is 0.416 e. The van der Waals surface area contributed by atoms with E-state index in [1.54, 1.807) is 4.72 Å². The van der Waals surface area contributed by atoms with E-state index in [-0.39, 0.29) is 17.3 Å². The number of carbonyl (C=O) groups excluding carboxylic acids is 1. The van der Waals surface area contributed by atoms with Crippen LogP contribution in [0.15, 0.2) is 41.0 Å². The Morgan fingerprint density at radius 3 is 2.65 bits per heavy atom. The molecule has 0 aliphatic heterocycles. The molecule has 1 heterocycles. The normalized spacial score (nSPS) is 16.1. The van der Waals surface area contributed by atoms with Crippen molar-refractivity contribution >= 4 is 21.6 Å². The van der Waals surface area contributed by atoms with Crippen molar-refractivity contribution < 1.29 is 31.1 Å². The van der Waals surface area contributed by atoms with Crippen molar-refractivity contribution in [1.29, 1.82) is 0 Å². The van der Waals surface area contributed by atoms with E-state index < -0.39 is 39.3 Å². The highest BCUT2D eigenvalue weighted by Gasteiger charge is 2.24. The monoisotopic (exact) mass is 491 g/mol. The van der Waals surface area contributed by atoms with E-state index in [0.717, 1.165) is 43.1 Å². The molecule has 3 aromatic rings. The second-order valence-electron chi connectivity index (χ2n) is 8.29. The summed E-state index contributed by atoms with van der Waals surface area (Å²) in [6.07, 6.45) is 3.72. The predicted octanol–water partition coefficient (Wildman–Crippen LogP) is 4.66. The second kappa shape index (κ2) is 9.05. The van der Waals surface area contributed by atoms with Crippen LogP contribution in [0.2, 0.25) is 0 Å². The first-order chi connectivity index (χ1) is 16.0. The van der Waals surface area contributed by atoms with E-state index in [2.05, 4.69) is 23.3 Å². The van der Waals surface area contributed by atoms with E-state index in [1.807, 2.05) is 12.1 Å². The number of hydrogen-bond acceptors (Lipinski definition) is 6. The van der Waals surface area contributed by atoms with Crippen LogP contribution in [0.5, 0.6) is 11.8 Å². The molecular weight excluding hydrogens is 468 g/mol. The molecule has 8 nitrogen and oxygen atoms in total. The molecule has 0 spiro atoms. The lowest BCUT2D eigenvalue weighted by Gasteiger charge is -2.15. The number of benzene rings is 2. The summed E-state index contributed by atoms with van der Waals surface area (Å²) in [6.45, 7) is 3.67. The first kappa shape index (κ1) is 23.7. The van der Waals surface area contributed by atoms with Crippen molar-refractivity contribution in [2.24, 2.45) is 0 Å². The first-order valence-electron chi connectivity index (χ1n) is 10.5. The zero-order chi connectivity index (χ0) is 24.6. The Labute approximate surface area is 195 Å². The molecule has 0 bridgehead atoms. The molecule has 11 heteroatoms. The fraction of sp³-hybridized carbons (Fsp3) is 0.304. The topological polar surface area (TPSA) is 111 Å². The third-order valence-corrected chi connectivity index (χ3v) is 6.21. The average Bonchev–Trinajstić information content (AvgIpc) is 3.37. The summed E-state index contributed by atoms with van der Waals surface area (Å²) in [7, 11) is -3.87. The van der Waals surface area contributed by atoms with Gasteiger partial charge in [0.15, 0.2) is 17.3 Å². The van der Waals surface area contributed by atoms with Gasteiger partial charge in [0.2, 0.25) is 10.0 Å². The number of aromatic nitrogens is 1. The minimum absolute atomic E-state index is 0.0703. The van der Waals surface area contributed by atoms with Gasteiger partial charge in [-0.1, -0.05) is 19.1 Å². The molecule has 1 aromatic heterocycles. The van der Waals surface area contributed by atoms with E-state index in [1.165, 1.54) is 12.5 Å². The van der Waals surface area contributed by atoms with Crippen LogP contribution < -0.4 is 14.8 Å². The highest BCUT2D eigenvalue weighted by Crippen LogP contribution is 2.39. The van der Waals surface area contributed by atoms with Crippen molar-refractivity contribution in [3.8, 4) is 11.8 Å². The van der Waals surface area contributed by atoms with Crippen molar-refractivity contribution in [2.75, 3.05) is 11.0 Å². The van der Waals surface area contributed by atoms with Crippen LogP contribution in [0, 0.1) is 11.6 Å². The van der Waals surface area contributed by atoms with Gasteiger partial charge in [-0.2, -0.15) is 4.98 Å². The number of fused-ring (bicyclic) bond motifs is 1. The molecular formula is C23H23F2N3O5S. The number of ether oxygens (including phenoxy) is 1. The third-order valence-electron chi connectivity index (χ3n) is 5.64. The number of oxazole rings is 1. The van der Waals surface area contributed by atoms with Gasteiger partial charge in [-0.15, -0.1) is 0 Å². The zero-order valence-electron chi connectivity index (χ0n) is 18.7. The Bertz CT molecular complexity index is 1330. The quantitative estimate of drug-likeness (QED) is 0.498. The molecule has 1 aliphatic rings. The van der Waals surface area contributed by atoms with Gasteiger partial charge < -0.3 is 14.5 Å². The lowest BCUT2D eigenvalue weighted by Crippen LogP contribution is -2.27. The van der Waals surface area contributed by atoms with Gasteiger partial charge in [0.1, 0.15) is 17.7 Å². The number of halogens is 2. The van der Waals surface area contributed by atoms with Crippen LogP contribution in [0.1, 0.15) is 59.4 Å². The highest BCUT2D eigenvalue weighted by molar-refractivity contribution is 7.92.